The zero-order valence-corrected chi connectivity index (χ0v) is 5.88. The summed E-state index contributed by atoms with van der Waals surface area (Å²) in [6.07, 6.45) is 11.9. The van der Waals surface area contributed by atoms with Gasteiger partial charge in [-0.05, 0) is 19.8 Å². The van der Waals surface area contributed by atoms with E-state index in [1.54, 1.807) is 6.08 Å². The smallest absolute Gasteiger partial charge is 0.0313 e. The van der Waals surface area contributed by atoms with Gasteiger partial charge in [-0.3, -0.25) is 0 Å². The molecule has 49 valence electrons. The number of hydrogen-bond acceptors (Lipinski definition) is 0. The maximum atomic E-state index is 5.11. The van der Waals surface area contributed by atoms with E-state index < -0.39 is 0 Å². The molecule has 0 aromatic heterocycles. The first-order chi connectivity index (χ1) is 4.41. The van der Waals surface area contributed by atoms with E-state index in [9.17, 15) is 0 Å². The molecular formula is C9H13. The van der Waals surface area contributed by atoms with Gasteiger partial charge in [0.25, 0.3) is 0 Å². The van der Waals surface area contributed by atoms with Crippen molar-refractivity contribution in [2.45, 2.75) is 19.8 Å². The highest BCUT2D eigenvalue weighted by Gasteiger charge is 1.71. The Morgan fingerprint density at radius 2 is 1.89 bits per heavy atom. The molecule has 0 saturated heterocycles. The van der Waals surface area contributed by atoms with E-state index in [0.29, 0.717) is 0 Å². The molecule has 0 unspecified atom stereocenters. The topological polar surface area (TPSA) is 0 Å². The second kappa shape index (κ2) is 7.22. The van der Waals surface area contributed by atoms with Crippen molar-refractivity contribution in [3.8, 4) is 0 Å². The minimum atomic E-state index is 1.08. The molecule has 0 rings (SSSR count). The standard InChI is InChI=1S/C9H13/c1-3-5-7-9-8-6-4-2/h1,3-7H,8-9H2,2H3. The van der Waals surface area contributed by atoms with Gasteiger partial charge in [0.15, 0.2) is 0 Å². The molecule has 0 N–H and O–H groups in total. The summed E-state index contributed by atoms with van der Waals surface area (Å²) >= 11 is 0. The Morgan fingerprint density at radius 1 is 1.22 bits per heavy atom. The molecular weight excluding hydrogens is 108 g/mol. The summed E-state index contributed by atoms with van der Waals surface area (Å²) in [7, 11) is 0. The van der Waals surface area contributed by atoms with Crippen molar-refractivity contribution in [2.24, 2.45) is 0 Å². The first-order valence-electron chi connectivity index (χ1n) is 3.23. The van der Waals surface area contributed by atoms with Crippen molar-refractivity contribution in [3.63, 3.8) is 0 Å². The zero-order valence-electron chi connectivity index (χ0n) is 5.88. The Hall–Kier alpha value is -0.780. The number of hydrogen-bond donors (Lipinski definition) is 0. The largest absolute Gasteiger partial charge is 0.0917 e. The van der Waals surface area contributed by atoms with Crippen LogP contribution in [0.1, 0.15) is 19.8 Å². The van der Waals surface area contributed by atoms with E-state index >= 15 is 0 Å². The molecule has 1 radical (unpaired) electrons. The van der Waals surface area contributed by atoms with Crippen LogP contribution in [0.3, 0.4) is 0 Å². The van der Waals surface area contributed by atoms with Crippen molar-refractivity contribution < 1.29 is 0 Å². The molecule has 0 fully saturated rings. The van der Waals surface area contributed by atoms with Crippen molar-refractivity contribution >= 4 is 0 Å². The van der Waals surface area contributed by atoms with Crippen molar-refractivity contribution in [3.05, 3.63) is 37.0 Å². The quantitative estimate of drug-likeness (QED) is 0.305. The molecule has 0 aliphatic heterocycles. The van der Waals surface area contributed by atoms with Gasteiger partial charge in [0, 0.05) is 0 Å². The van der Waals surface area contributed by atoms with Gasteiger partial charge in [0.05, 0.1) is 0 Å². The van der Waals surface area contributed by atoms with Gasteiger partial charge in [0.2, 0.25) is 0 Å². The van der Waals surface area contributed by atoms with Gasteiger partial charge in [-0.25, -0.2) is 0 Å². The molecule has 0 spiro atoms. The van der Waals surface area contributed by atoms with Crippen LogP contribution in [-0.2, 0) is 0 Å². The van der Waals surface area contributed by atoms with E-state index in [0.717, 1.165) is 12.8 Å². The van der Waals surface area contributed by atoms with Crippen molar-refractivity contribution in [1.29, 1.82) is 0 Å². The average molecular weight is 121 g/mol. The second-order valence-corrected chi connectivity index (χ2v) is 1.77. The van der Waals surface area contributed by atoms with E-state index in [1.165, 1.54) is 0 Å². The highest BCUT2D eigenvalue weighted by atomic mass is 13.8. The van der Waals surface area contributed by atoms with E-state index in [1.807, 2.05) is 13.0 Å². The molecule has 0 bridgehead atoms. The third-order valence-electron chi connectivity index (χ3n) is 0.983. The monoisotopic (exact) mass is 121 g/mol. The Labute approximate surface area is 57.6 Å². The van der Waals surface area contributed by atoms with Gasteiger partial charge >= 0.3 is 0 Å². The van der Waals surface area contributed by atoms with Crippen molar-refractivity contribution in [1.82, 2.24) is 0 Å². The summed E-state index contributed by atoms with van der Waals surface area (Å²) < 4.78 is 0. The summed E-state index contributed by atoms with van der Waals surface area (Å²) in [5.74, 6) is 0. The summed E-state index contributed by atoms with van der Waals surface area (Å²) in [5.41, 5.74) is 0. The molecule has 0 aliphatic carbocycles. The van der Waals surface area contributed by atoms with Crippen LogP contribution in [0.2, 0.25) is 0 Å². The number of allylic oxidation sites excluding steroid dienone is 5. The molecule has 0 saturated carbocycles. The fourth-order valence-electron chi connectivity index (χ4n) is 0.534. The van der Waals surface area contributed by atoms with Crippen LogP contribution in [0.25, 0.3) is 0 Å². The third-order valence-corrected chi connectivity index (χ3v) is 0.983. The molecule has 0 heteroatoms. The minimum Gasteiger partial charge on any atom is -0.0917 e. The Balaban J connectivity index is 3.08. The summed E-state index contributed by atoms with van der Waals surface area (Å²) in [4.78, 5) is 0. The van der Waals surface area contributed by atoms with Gasteiger partial charge in [-0.15, -0.1) is 0 Å². The lowest BCUT2D eigenvalue weighted by Gasteiger charge is -1.81. The molecule has 0 nitrogen and oxygen atoms in total. The van der Waals surface area contributed by atoms with Gasteiger partial charge < -0.3 is 0 Å². The van der Waals surface area contributed by atoms with Gasteiger partial charge in [0.1, 0.15) is 0 Å². The molecule has 0 heterocycles. The lowest BCUT2D eigenvalue weighted by atomic mass is 10.3. The SMILES string of the molecule is [CH]=CC=CCCC=CC. The minimum absolute atomic E-state index is 1.08. The molecule has 9 heavy (non-hydrogen) atoms. The number of rotatable bonds is 4. The Kier molecular flexibility index (Phi) is 6.59. The average Bonchev–Trinajstić information content (AvgIpc) is 1.89. The predicted molar refractivity (Wildman–Crippen MR) is 42.1 cm³/mol. The zero-order chi connectivity index (χ0) is 6.95. The van der Waals surface area contributed by atoms with Crippen LogP contribution >= 0.6 is 0 Å². The first kappa shape index (κ1) is 8.22. The lowest BCUT2D eigenvalue weighted by Crippen LogP contribution is -1.61. The van der Waals surface area contributed by atoms with Crippen LogP contribution in [0.4, 0.5) is 0 Å². The Morgan fingerprint density at radius 3 is 2.44 bits per heavy atom. The van der Waals surface area contributed by atoms with E-state index in [2.05, 4.69) is 18.2 Å². The van der Waals surface area contributed by atoms with Crippen LogP contribution < -0.4 is 0 Å². The maximum absolute atomic E-state index is 5.11. The maximum Gasteiger partial charge on any atom is -0.0313 e. The molecule has 0 amide bonds. The predicted octanol–water partition coefficient (Wildman–Crippen LogP) is 2.89. The molecule has 0 aromatic carbocycles. The molecule has 0 aliphatic rings. The van der Waals surface area contributed by atoms with Crippen LogP contribution in [-0.4, -0.2) is 0 Å². The van der Waals surface area contributed by atoms with Crippen LogP contribution in [0, 0.1) is 6.58 Å². The fourth-order valence-corrected chi connectivity index (χ4v) is 0.534. The number of unbranched alkanes of at least 4 members (excludes halogenated alkanes) is 1. The third kappa shape index (κ3) is 7.22. The molecule has 0 aromatic rings. The van der Waals surface area contributed by atoms with Crippen molar-refractivity contribution in [2.75, 3.05) is 0 Å². The van der Waals surface area contributed by atoms with Crippen LogP contribution in [0.15, 0.2) is 30.4 Å². The van der Waals surface area contributed by atoms with Gasteiger partial charge in [-0.1, -0.05) is 37.0 Å². The highest BCUT2D eigenvalue weighted by molar-refractivity contribution is 4.96. The summed E-state index contributed by atoms with van der Waals surface area (Å²) in [6.45, 7) is 7.14. The van der Waals surface area contributed by atoms with Crippen LogP contribution in [0.5, 0.6) is 0 Å². The van der Waals surface area contributed by atoms with E-state index in [4.69, 9.17) is 6.58 Å². The fraction of sp³-hybridized carbons (Fsp3) is 0.333. The molecule has 0 atom stereocenters. The first-order valence-corrected chi connectivity index (χ1v) is 3.23. The Bertz CT molecular complexity index is 107. The second-order valence-electron chi connectivity index (χ2n) is 1.77. The summed E-state index contributed by atoms with van der Waals surface area (Å²) in [5, 5.41) is 0. The van der Waals surface area contributed by atoms with Gasteiger partial charge in [-0.2, -0.15) is 0 Å². The lowest BCUT2D eigenvalue weighted by molar-refractivity contribution is 1.05. The van der Waals surface area contributed by atoms with E-state index in [-0.39, 0.29) is 0 Å². The highest BCUT2D eigenvalue weighted by Crippen LogP contribution is 1.91. The summed E-state index contributed by atoms with van der Waals surface area (Å²) in [6, 6.07) is 0. The normalized spacial score (nSPS) is 11.2.